The lowest BCUT2D eigenvalue weighted by atomic mass is 10.3. The monoisotopic (exact) mass is 398 g/mol. The van der Waals surface area contributed by atoms with E-state index in [-0.39, 0.29) is 12.5 Å². The minimum Gasteiger partial charge on any atom is -0.467 e. The van der Waals surface area contributed by atoms with Gasteiger partial charge in [0, 0.05) is 0 Å². The lowest BCUT2D eigenvalue weighted by Gasteiger charge is -2.29. The van der Waals surface area contributed by atoms with Crippen molar-refractivity contribution in [2.75, 3.05) is 32.7 Å². The molecule has 1 aliphatic rings. The molecule has 4 N–H and O–H groups in total. The number of hydrogen-bond donors (Lipinski definition) is 4. The Balaban J connectivity index is 1.33. The lowest BCUT2D eigenvalue weighted by molar-refractivity contribution is -1.01. The Morgan fingerprint density at radius 2 is 1.92 bits per heavy atom. The number of piperazine rings is 1. The van der Waals surface area contributed by atoms with Crippen LogP contribution in [0.1, 0.15) is 10.6 Å². The number of thiophene rings is 1. The van der Waals surface area contributed by atoms with Gasteiger partial charge < -0.3 is 19.5 Å². The molecular formula is C17H23ClN4O3S+2. The highest BCUT2D eigenvalue weighted by molar-refractivity contribution is 7.16. The van der Waals surface area contributed by atoms with Crippen molar-refractivity contribution in [3.8, 4) is 0 Å². The van der Waals surface area contributed by atoms with Gasteiger partial charge >= 0.3 is 6.03 Å². The average molecular weight is 399 g/mol. The first-order valence-electron chi connectivity index (χ1n) is 8.60. The summed E-state index contributed by atoms with van der Waals surface area (Å²) in [6.45, 7) is 5.38. The number of rotatable bonds is 6. The Morgan fingerprint density at radius 3 is 2.58 bits per heavy atom. The van der Waals surface area contributed by atoms with Crippen LogP contribution in [0.15, 0.2) is 34.9 Å². The summed E-state index contributed by atoms with van der Waals surface area (Å²) in [5, 5.41) is 4.97. The van der Waals surface area contributed by atoms with Crippen LogP contribution in [0, 0.1) is 0 Å². The molecule has 7 nitrogen and oxygen atoms in total. The maximum atomic E-state index is 12.0. The minimum atomic E-state index is -0.496. The molecular weight excluding hydrogens is 376 g/mol. The number of urea groups is 1. The predicted molar refractivity (Wildman–Crippen MR) is 98.4 cm³/mol. The third kappa shape index (κ3) is 5.84. The number of quaternary nitrogens is 2. The van der Waals surface area contributed by atoms with E-state index in [1.165, 1.54) is 20.9 Å². The standard InChI is InChI=1S/C17H21ClN4O3S/c18-15-4-3-14(26-15)11-21-5-7-22(8-6-21)12-16(23)20-17(24)19-10-13-2-1-9-25-13/h1-4,9H,5-8,10-12H2,(H2,19,20,23,24)/p+2. The van der Waals surface area contributed by atoms with Gasteiger partial charge in [0.2, 0.25) is 0 Å². The predicted octanol–water partition coefficient (Wildman–Crippen LogP) is -0.696. The third-order valence-corrected chi connectivity index (χ3v) is 5.62. The van der Waals surface area contributed by atoms with E-state index >= 15 is 0 Å². The van der Waals surface area contributed by atoms with Gasteiger partial charge in [0.15, 0.2) is 6.54 Å². The molecule has 0 radical (unpaired) electrons. The highest BCUT2D eigenvalue weighted by Crippen LogP contribution is 2.20. The Bertz CT molecular complexity index is 726. The second-order valence-corrected chi connectivity index (χ2v) is 8.17. The summed E-state index contributed by atoms with van der Waals surface area (Å²) in [5.41, 5.74) is 0. The number of nitrogens with one attached hydrogen (secondary N) is 4. The van der Waals surface area contributed by atoms with E-state index in [2.05, 4.69) is 16.7 Å². The first kappa shape index (κ1) is 18.9. The van der Waals surface area contributed by atoms with Gasteiger partial charge in [-0.1, -0.05) is 11.6 Å². The van der Waals surface area contributed by atoms with E-state index in [0.29, 0.717) is 12.3 Å². The third-order valence-electron chi connectivity index (χ3n) is 4.38. The molecule has 2 aromatic heterocycles. The number of halogens is 1. The van der Waals surface area contributed by atoms with Gasteiger partial charge in [0.1, 0.15) is 38.5 Å². The average Bonchev–Trinajstić information content (AvgIpc) is 3.26. The first-order chi connectivity index (χ1) is 12.6. The number of imide groups is 1. The number of furan rings is 1. The van der Waals surface area contributed by atoms with Crippen molar-refractivity contribution < 1.29 is 23.8 Å². The quantitative estimate of drug-likeness (QED) is 0.519. The van der Waals surface area contributed by atoms with Crippen LogP contribution in [0.25, 0.3) is 0 Å². The van der Waals surface area contributed by atoms with Crippen molar-refractivity contribution in [1.82, 2.24) is 10.6 Å². The largest absolute Gasteiger partial charge is 0.467 e. The van der Waals surface area contributed by atoms with Crippen molar-refractivity contribution >= 4 is 34.9 Å². The fourth-order valence-corrected chi connectivity index (χ4v) is 4.19. The molecule has 3 rings (SSSR count). The topological polar surface area (TPSA) is 80.2 Å². The first-order valence-corrected chi connectivity index (χ1v) is 9.79. The molecule has 0 aromatic carbocycles. The molecule has 0 atom stereocenters. The Hall–Kier alpha value is -1.87. The Kier molecular flexibility index (Phi) is 6.67. The molecule has 0 aliphatic carbocycles. The summed E-state index contributed by atoms with van der Waals surface area (Å²) in [4.78, 5) is 27.8. The van der Waals surface area contributed by atoms with Crippen molar-refractivity contribution in [2.45, 2.75) is 13.1 Å². The molecule has 3 heterocycles. The van der Waals surface area contributed by atoms with E-state index in [9.17, 15) is 9.59 Å². The summed E-state index contributed by atoms with van der Waals surface area (Å²) < 4.78 is 5.95. The number of hydrogen-bond acceptors (Lipinski definition) is 4. The summed E-state index contributed by atoms with van der Waals surface area (Å²) in [6, 6.07) is 7.03. The highest BCUT2D eigenvalue weighted by atomic mass is 35.5. The Morgan fingerprint density at radius 1 is 1.15 bits per heavy atom. The minimum absolute atomic E-state index is 0.258. The van der Waals surface area contributed by atoms with Crippen LogP contribution in [0.3, 0.4) is 0 Å². The van der Waals surface area contributed by atoms with Gasteiger partial charge in [-0.05, 0) is 24.3 Å². The fraction of sp³-hybridized carbons (Fsp3) is 0.412. The van der Waals surface area contributed by atoms with Gasteiger partial charge in [-0.3, -0.25) is 10.1 Å². The van der Waals surface area contributed by atoms with Crippen LogP contribution >= 0.6 is 22.9 Å². The summed E-state index contributed by atoms with van der Waals surface area (Å²) in [7, 11) is 0. The van der Waals surface area contributed by atoms with Crippen molar-refractivity contribution in [2.24, 2.45) is 0 Å². The fourth-order valence-electron chi connectivity index (χ4n) is 3.03. The molecule has 9 heteroatoms. The molecule has 0 unspecified atom stereocenters. The highest BCUT2D eigenvalue weighted by Gasteiger charge is 2.25. The molecule has 0 saturated carbocycles. The number of carbonyl (C=O) groups is 2. The maximum Gasteiger partial charge on any atom is 0.321 e. The van der Waals surface area contributed by atoms with Crippen molar-refractivity contribution in [1.29, 1.82) is 0 Å². The molecule has 1 aliphatic heterocycles. The summed E-state index contributed by atoms with van der Waals surface area (Å²) in [5.74, 6) is 0.384. The molecule has 0 bridgehead atoms. The second kappa shape index (κ2) is 9.18. The normalized spacial score (nSPS) is 19.9. The van der Waals surface area contributed by atoms with E-state index in [1.54, 1.807) is 23.5 Å². The van der Waals surface area contributed by atoms with Crippen molar-refractivity contribution in [3.63, 3.8) is 0 Å². The van der Waals surface area contributed by atoms with Gasteiger partial charge in [-0.25, -0.2) is 4.79 Å². The van der Waals surface area contributed by atoms with Crippen molar-refractivity contribution in [3.05, 3.63) is 45.5 Å². The van der Waals surface area contributed by atoms with Crippen LogP contribution in [-0.4, -0.2) is 44.7 Å². The van der Waals surface area contributed by atoms with Gasteiger partial charge in [0.05, 0.1) is 22.0 Å². The second-order valence-electron chi connectivity index (χ2n) is 6.37. The van der Waals surface area contributed by atoms with E-state index in [4.69, 9.17) is 16.0 Å². The van der Waals surface area contributed by atoms with Gasteiger partial charge in [0.25, 0.3) is 5.91 Å². The van der Waals surface area contributed by atoms with Crippen LogP contribution in [0.2, 0.25) is 4.34 Å². The van der Waals surface area contributed by atoms with E-state index < -0.39 is 6.03 Å². The zero-order valence-corrected chi connectivity index (χ0v) is 15.9. The zero-order chi connectivity index (χ0) is 18.4. The number of amides is 3. The molecule has 1 saturated heterocycles. The van der Waals surface area contributed by atoms with Crippen LogP contribution < -0.4 is 20.4 Å². The van der Waals surface area contributed by atoms with Crippen LogP contribution in [0.4, 0.5) is 4.79 Å². The SMILES string of the molecule is O=C(C[NH+]1CC[NH+](Cc2ccc(Cl)s2)CC1)NC(=O)NCc1ccco1. The number of carbonyl (C=O) groups excluding carboxylic acids is 2. The smallest absolute Gasteiger partial charge is 0.321 e. The zero-order valence-electron chi connectivity index (χ0n) is 14.3. The molecule has 26 heavy (non-hydrogen) atoms. The summed E-state index contributed by atoms with van der Waals surface area (Å²) in [6.07, 6.45) is 1.54. The molecule has 0 spiro atoms. The van der Waals surface area contributed by atoms with E-state index in [0.717, 1.165) is 37.1 Å². The van der Waals surface area contributed by atoms with Gasteiger partial charge in [-0.15, -0.1) is 11.3 Å². The molecule has 2 aromatic rings. The van der Waals surface area contributed by atoms with Crippen LogP contribution in [-0.2, 0) is 17.9 Å². The van der Waals surface area contributed by atoms with Crippen LogP contribution in [0.5, 0.6) is 0 Å². The maximum absolute atomic E-state index is 12.0. The van der Waals surface area contributed by atoms with Gasteiger partial charge in [-0.2, -0.15) is 0 Å². The molecule has 1 fully saturated rings. The molecule has 140 valence electrons. The molecule has 3 amide bonds. The summed E-state index contributed by atoms with van der Waals surface area (Å²) >= 11 is 7.60. The Labute approximate surface area is 160 Å². The van der Waals surface area contributed by atoms with E-state index in [1.807, 2.05) is 6.07 Å². The lowest BCUT2D eigenvalue weighted by Crippen LogP contribution is -3.28.